The summed E-state index contributed by atoms with van der Waals surface area (Å²) >= 11 is 3.49. The van der Waals surface area contributed by atoms with Gasteiger partial charge in [0.15, 0.2) is 0 Å². The highest BCUT2D eigenvalue weighted by Crippen LogP contribution is 2.33. The summed E-state index contributed by atoms with van der Waals surface area (Å²) in [5, 5.41) is 2.99. The first kappa shape index (κ1) is 12.4. The Bertz CT molecular complexity index is 433. The number of ether oxygens (including phenoxy) is 1. The van der Waals surface area contributed by atoms with E-state index in [-0.39, 0.29) is 11.9 Å². The topological polar surface area (TPSA) is 38.3 Å². The first-order valence-electron chi connectivity index (χ1n) is 5.74. The number of halogens is 1. The molecular formula is C13H16BrNO2. The first-order chi connectivity index (χ1) is 8.11. The molecule has 3 nitrogen and oxygen atoms in total. The van der Waals surface area contributed by atoms with Crippen molar-refractivity contribution in [3.05, 3.63) is 28.2 Å². The lowest BCUT2D eigenvalue weighted by Gasteiger charge is -2.30. The van der Waals surface area contributed by atoms with Crippen LogP contribution in [0.2, 0.25) is 0 Å². The third-order valence-corrected chi connectivity index (χ3v) is 3.90. The lowest BCUT2D eigenvalue weighted by molar-refractivity contribution is -0.123. The predicted octanol–water partition coefficient (Wildman–Crippen LogP) is 2.84. The van der Waals surface area contributed by atoms with E-state index in [1.807, 2.05) is 6.07 Å². The molecule has 1 amide bonds. The van der Waals surface area contributed by atoms with Crippen molar-refractivity contribution in [3.63, 3.8) is 0 Å². The van der Waals surface area contributed by atoms with E-state index in [0.717, 1.165) is 16.6 Å². The van der Waals surface area contributed by atoms with E-state index < -0.39 is 0 Å². The maximum atomic E-state index is 11.3. The molecule has 1 saturated heterocycles. The van der Waals surface area contributed by atoms with Gasteiger partial charge in [-0.3, -0.25) is 4.79 Å². The van der Waals surface area contributed by atoms with Crippen LogP contribution in [-0.2, 0) is 4.79 Å². The second-order valence-corrected chi connectivity index (χ2v) is 5.25. The highest BCUT2D eigenvalue weighted by Gasteiger charge is 2.26. The molecule has 1 aliphatic heterocycles. The second-order valence-electron chi connectivity index (χ2n) is 4.40. The van der Waals surface area contributed by atoms with Crippen LogP contribution in [0.5, 0.6) is 5.75 Å². The Hall–Kier alpha value is -1.03. The minimum atomic E-state index is 0.154. The van der Waals surface area contributed by atoms with Crippen molar-refractivity contribution in [2.24, 2.45) is 0 Å². The van der Waals surface area contributed by atoms with Gasteiger partial charge in [0, 0.05) is 18.4 Å². The average Bonchev–Trinajstić information content (AvgIpc) is 2.29. The summed E-state index contributed by atoms with van der Waals surface area (Å²) in [4.78, 5) is 11.3. The highest BCUT2D eigenvalue weighted by atomic mass is 79.9. The van der Waals surface area contributed by atoms with Gasteiger partial charge in [0.05, 0.1) is 11.6 Å². The number of nitrogens with one attached hydrogen (secondary N) is 1. The van der Waals surface area contributed by atoms with Crippen LogP contribution in [-0.4, -0.2) is 19.1 Å². The van der Waals surface area contributed by atoms with Gasteiger partial charge in [-0.25, -0.2) is 0 Å². The molecule has 0 aliphatic carbocycles. The molecular weight excluding hydrogens is 282 g/mol. The van der Waals surface area contributed by atoms with Crippen LogP contribution in [0.3, 0.4) is 0 Å². The smallest absolute Gasteiger partial charge is 0.220 e. The van der Waals surface area contributed by atoms with Gasteiger partial charge in [-0.2, -0.15) is 0 Å². The van der Waals surface area contributed by atoms with Crippen LogP contribution in [0.15, 0.2) is 22.7 Å². The van der Waals surface area contributed by atoms with Crippen LogP contribution in [0.1, 0.15) is 31.2 Å². The molecule has 1 aromatic carbocycles. The second kappa shape index (κ2) is 5.08. The number of amides is 1. The Balaban J connectivity index is 2.22. The van der Waals surface area contributed by atoms with E-state index >= 15 is 0 Å². The summed E-state index contributed by atoms with van der Waals surface area (Å²) in [6, 6.07) is 6.30. The fourth-order valence-electron chi connectivity index (χ4n) is 2.33. The molecule has 1 aromatic rings. The maximum Gasteiger partial charge on any atom is 0.220 e. The first-order valence-corrected chi connectivity index (χ1v) is 6.54. The summed E-state index contributed by atoms with van der Waals surface area (Å²) in [7, 11) is 1.66. The number of piperidine rings is 1. The molecule has 1 heterocycles. The van der Waals surface area contributed by atoms with E-state index in [9.17, 15) is 4.79 Å². The van der Waals surface area contributed by atoms with Gasteiger partial charge in [0.25, 0.3) is 0 Å². The van der Waals surface area contributed by atoms with Crippen molar-refractivity contribution >= 4 is 21.8 Å². The molecule has 0 bridgehead atoms. The summed E-state index contributed by atoms with van der Waals surface area (Å²) in [6.45, 7) is 2.06. The molecule has 2 rings (SSSR count). The summed E-state index contributed by atoms with van der Waals surface area (Å²) < 4.78 is 6.17. The van der Waals surface area contributed by atoms with E-state index in [1.54, 1.807) is 7.11 Å². The molecule has 4 heteroatoms. The number of rotatable bonds is 2. The fourth-order valence-corrected chi connectivity index (χ4v) is 2.89. The maximum absolute atomic E-state index is 11.3. The van der Waals surface area contributed by atoms with Crippen molar-refractivity contribution in [2.45, 2.75) is 31.7 Å². The van der Waals surface area contributed by atoms with Gasteiger partial charge in [0.2, 0.25) is 5.91 Å². The number of hydrogen-bond acceptors (Lipinski definition) is 2. The van der Waals surface area contributed by atoms with E-state index in [0.29, 0.717) is 12.3 Å². The SMILES string of the molecule is COc1ccc(C2CCC(=O)NC2C)cc1Br. The van der Waals surface area contributed by atoms with E-state index in [1.165, 1.54) is 5.56 Å². The molecule has 1 fully saturated rings. The number of carbonyl (C=O) groups excluding carboxylic acids is 1. The quantitative estimate of drug-likeness (QED) is 0.911. The van der Waals surface area contributed by atoms with Crippen LogP contribution in [0.4, 0.5) is 0 Å². The Kier molecular flexibility index (Phi) is 3.72. The van der Waals surface area contributed by atoms with E-state index in [4.69, 9.17) is 4.74 Å². The lowest BCUT2D eigenvalue weighted by Crippen LogP contribution is -2.41. The summed E-state index contributed by atoms with van der Waals surface area (Å²) in [6.07, 6.45) is 1.52. The van der Waals surface area contributed by atoms with Crippen LogP contribution >= 0.6 is 15.9 Å². The Morgan fingerprint density at radius 3 is 2.82 bits per heavy atom. The van der Waals surface area contributed by atoms with Crippen LogP contribution < -0.4 is 10.1 Å². The normalized spacial score (nSPS) is 24.3. The Morgan fingerprint density at radius 1 is 1.47 bits per heavy atom. The summed E-state index contributed by atoms with van der Waals surface area (Å²) in [5.41, 5.74) is 1.24. The van der Waals surface area contributed by atoms with Crippen molar-refractivity contribution in [3.8, 4) is 5.75 Å². The predicted molar refractivity (Wildman–Crippen MR) is 70.3 cm³/mol. The molecule has 1 aliphatic rings. The standard InChI is InChI=1S/C13H16BrNO2/c1-8-10(4-6-13(16)15-8)9-3-5-12(17-2)11(14)7-9/h3,5,7-8,10H,4,6H2,1-2H3,(H,15,16). The average molecular weight is 298 g/mol. The highest BCUT2D eigenvalue weighted by molar-refractivity contribution is 9.10. The number of hydrogen-bond donors (Lipinski definition) is 1. The minimum absolute atomic E-state index is 0.154. The Morgan fingerprint density at radius 2 is 2.24 bits per heavy atom. The monoisotopic (exact) mass is 297 g/mol. The number of benzene rings is 1. The summed E-state index contributed by atoms with van der Waals surface area (Å²) in [5.74, 6) is 1.37. The zero-order valence-corrected chi connectivity index (χ0v) is 11.6. The van der Waals surface area contributed by atoms with Crippen molar-refractivity contribution in [2.75, 3.05) is 7.11 Å². The van der Waals surface area contributed by atoms with E-state index in [2.05, 4.69) is 40.3 Å². The van der Waals surface area contributed by atoms with Gasteiger partial charge < -0.3 is 10.1 Å². The zero-order chi connectivity index (χ0) is 12.4. The zero-order valence-electron chi connectivity index (χ0n) is 10.00. The van der Waals surface area contributed by atoms with Gasteiger partial charge >= 0.3 is 0 Å². The van der Waals surface area contributed by atoms with Crippen molar-refractivity contribution in [1.29, 1.82) is 0 Å². The molecule has 0 aromatic heterocycles. The third-order valence-electron chi connectivity index (χ3n) is 3.28. The molecule has 2 atom stereocenters. The van der Waals surface area contributed by atoms with Crippen LogP contribution in [0, 0.1) is 0 Å². The molecule has 92 valence electrons. The van der Waals surface area contributed by atoms with Gasteiger partial charge in [-0.15, -0.1) is 0 Å². The molecule has 17 heavy (non-hydrogen) atoms. The number of methoxy groups -OCH3 is 1. The molecule has 0 saturated carbocycles. The third kappa shape index (κ3) is 2.63. The lowest BCUT2D eigenvalue weighted by atomic mass is 9.85. The van der Waals surface area contributed by atoms with Gasteiger partial charge in [-0.05, 0) is 47.0 Å². The van der Waals surface area contributed by atoms with Crippen molar-refractivity contribution < 1.29 is 9.53 Å². The molecule has 2 unspecified atom stereocenters. The number of carbonyl (C=O) groups is 1. The van der Waals surface area contributed by atoms with Gasteiger partial charge in [-0.1, -0.05) is 6.07 Å². The van der Waals surface area contributed by atoms with Crippen LogP contribution in [0.25, 0.3) is 0 Å². The molecule has 1 N–H and O–H groups in total. The minimum Gasteiger partial charge on any atom is -0.496 e. The fraction of sp³-hybridized carbons (Fsp3) is 0.462. The van der Waals surface area contributed by atoms with Crippen molar-refractivity contribution in [1.82, 2.24) is 5.32 Å². The largest absolute Gasteiger partial charge is 0.496 e. The molecule has 0 radical (unpaired) electrons. The van der Waals surface area contributed by atoms with Gasteiger partial charge in [0.1, 0.15) is 5.75 Å². The Labute approximate surface area is 110 Å². The molecule has 0 spiro atoms.